The molecule has 0 aliphatic rings. The van der Waals surface area contributed by atoms with Crippen LogP contribution in [-0.4, -0.2) is 50.4 Å². The van der Waals surface area contributed by atoms with Crippen molar-refractivity contribution >= 4 is 27.5 Å². The molecule has 0 radical (unpaired) electrons. The number of halogens is 1. The van der Waals surface area contributed by atoms with Crippen molar-refractivity contribution in [3.63, 3.8) is 0 Å². The van der Waals surface area contributed by atoms with Crippen molar-refractivity contribution in [3.05, 3.63) is 90.2 Å². The second kappa shape index (κ2) is 13.9. The van der Waals surface area contributed by atoms with Gasteiger partial charge in [-0.2, -0.15) is 0 Å². The lowest BCUT2D eigenvalue weighted by molar-refractivity contribution is -0.140. The Morgan fingerprint density at radius 2 is 1.55 bits per heavy atom. The van der Waals surface area contributed by atoms with E-state index in [2.05, 4.69) is 5.32 Å². The van der Waals surface area contributed by atoms with E-state index in [-0.39, 0.29) is 42.1 Å². The number of hydrogen-bond donors (Lipinski definition) is 1. The molecule has 3 aromatic rings. The molecule has 10 heteroatoms. The van der Waals surface area contributed by atoms with Crippen LogP contribution in [0.4, 0.5) is 10.1 Å². The number of carbonyl (C=O) groups is 2. The highest BCUT2D eigenvalue weighted by Crippen LogP contribution is 2.33. The molecule has 3 rings (SSSR count). The SMILES string of the molecule is CCOc1ccccc1N(CC(=O)N(Cc1ccc(F)cc1)C(CC)C(=O)NC(C)C)S(=O)(=O)c1ccccc1. The van der Waals surface area contributed by atoms with Gasteiger partial charge in [-0.1, -0.05) is 49.4 Å². The van der Waals surface area contributed by atoms with Gasteiger partial charge in [-0.15, -0.1) is 0 Å². The van der Waals surface area contributed by atoms with Crippen LogP contribution < -0.4 is 14.4 Å². The maximum Gasteiger partial charge on any atom is 0.264 e. The summed E-state index contributed by atoms with van der Waals surface area (Å²) in [5.41, 5.74) is 0.792. The molecule has 0 aliphatic heterocycles. The maximum absolute atomic E-state index is 14.1. The second-order valence-electron chi connectivity index (χ2n) is 9.46. The molecule has 2 amide bonds. The molecule has 214 valence electrons. The van der Waals surface area contributed by atoms with E-state index in [9.17, 15) is 22.4 Å². The first-order chi connectivity index (χ1) is 19.1. The third-order valence-corrected chi connectivity index (χ3v) is 7.90. The average molecular weight is 570 g/mol. The molecule has 0 aliphatic carbocycles. The van der Waals surface area contributed by atoms with E-state index in [0.29, 0.717) is 11.3 Å². The summed E-state index contributed by atoms with van der Waals surface area (Å²) < 4.78 is 48.2. The minimum Gasteiger partial charge on any atom is -0.492 e. The monoisotopic (exact) mass is 569 g/mol. The van der Waals surface area contributed by atoms with Crippen molar-refractivity contribution in [2.24, 2.45) is 0 Å². The number of ether oxygens (including phenoxy) is 1. The largest absolute Gasteiger partial charge is 0.492 e. The smallest absolute Gasteiger partial charge is 0.264 e. The summed E-state index contributed by atoms with van der Waals surface area (Å²) in [4.78, 5) is 28.6. The molecular formula is C30H36FN3O5S. The molecule has 0 heterocycles. The van der Waals surface area contributed by atoms with Crippen molar-refractivity contribution in [3.8, 4) is 5.75 Å². The molecular weight excluding hydrogens is 533 g/mol. The van der Waals surface area contributed by atoms with Crippen LogP contribution in [0.25, 0.3) is 0 Å². The lowest BCUT2D eigenvalue weighted by Crippen LogP contribution is -2.53. The topological polar surface area (TPSA) is 96.0 Å². The highest BCUT2D eigenvalue weighted by atomic mass is 32.2. The first-order valence-electron chi connectivity index (χ1n) is 13.2. The third kappa shape index (κ3) is 7.59. The lowest BCUT2D eigenvalue weighted by Gasteiger charge is -2.34. The predicted molar refractivity (Wildman–Crippen MR) is 153 cm³/mol. The number of para-hydroxylation sites is 2. The van der Waals surface area contributed by atoms with E-state index in [1.165, 1.54) is 41.3 Å². The van der Waals surface area contributed by atoms with Gasteiger partial charge in [0.1, 0.15) is 24.2 Å². The predicted octanol–water partition coefficient (Wildman–Crippen LogP) is 4.75. The molecule has 0 fully saturated rings. The van der Waals surface area contributed by atoms with Crippen molar-refractivity contribution in [2.75, 3.05) is 17.5 Å². The van der Waals surface area contributed by atoms with E-state index in [4.69, 9.17) is 4.74 Å². The first-order valence-corrected chi connectivity index (χ1v) is 14.7. The van der Waals surface area contributed by atoms with Crippen LogP contribution >= 0.6 is 0 Å². The number of carbonyl (C=O) groups excluding carboxylic acids is 2. The summed E-state index contributed by atoms with van der Waals surface area (Å²) in [5, 5.41) is 2.85. The van der Waals surface area contributed by atoms with Crippen LogP contribution in [0.15, 0.2) is 83.8 Å². The van der Waals surface area contributed by atoms with Crippen molar-refractivity contribution in [1.29, 1.82) is 0 Å². The lowest BCUT2D eigenvalue weighted by atomic mass is 10.1. The number of amides is 2. The zero-order valence-corrected chi connectivity index (χ0v) is 24.0. The van der Waals surface area contributed by atoms with Crippen LogP contribution in [0, 0.1) is 5.82 Å². The van der Waals surface area contributed by atoms with E-state index < -0.39 is 34.3 Å². The van der Waals surface area contributed by atoms with Gasteiger partial charge in [0.25, 0.3) is 10.0 Å². The van der Waals surface area contributed by atoms with E-state index >= 15 is 0 Å². The van der Waals surface area contributed by atoms with Gasteiger partial charge in [0.05, 0.1) is 17.2 Å². The molecule has 1 unspecified atom stereocenters. The molecule has 3 aromatic carbocycles. The highest BCUT2D eigenvalue weighted by molar-refractivity contribution is 7.92. The Hall–Kier alpha value is -3.92. The second-order valence-corrected chi connectivity index (χ2v) is 11.3. The summed E-state index contributed by atoms with van der Waals surface area (Å²) >= 11 is 0. The Balaban J connectivity index is 2.09. The van der Waals surface area contributed by atoms with Gasteiger partial charge in [-0.25, -0.2) is 12.8 Å². The molecule has 1 atom stereocenters. The molecule has 8 nitrogen and oxygen atoms in total. The van der Waals surface area contributed by atoms with Gasteiger partial charge >= 0.3 is 0 Å². The van der Waals surface area contributed by atoms with E-state index in [1.807, 2.05) is 13.8 Å². The molecule has 1 N–H and O–H groups in total. The van der Waals surface area contributed by atoms with E-state index in [1.54, 1.807) is 56.3 Å². The Labute approximate surface area is 235 Å². The van der Waals surface area contributed by atoms with Gasteiger partial charge in [-0.05, 0) is 69.2 Å². The number of anilines is 1. The van der Waals surface area contributed by atoms with Crippen LogP contribution in [0.1, 0.15) is 39.7 Å². The number of nitrogens with zero attached hydrogens (tertiary/aromatic N) is 2. The fraction of sp³-hybridized carbons (Fsp3) is 0.333. The highest BCUT2D eigenvalue weighted by Gasteiger charge is 2.34. The molecule has 0 bridgehead atoms. The Morgan fingerprint density at radius 3 is 2.15 bits per heavy atom. The quantitative estimate of drug-likeness (QED) is 0.321. The van der Waals surface area contributed by atoms with Crippen LogP contribution in [0.2, 0.25) is 0 Å². The Bertz CT molecular complexity index is 1380. The number of hydrogen-bond acceptors (Lipinski definition) is 5. The molecule has 0 saturated heterocycles. The Kier molecular flexibility index (Phi) is 10.7. The summed E-state index contributed by atoms with van der Waals surface area (Å²) in [6, 6.07) is 19.0. The van der Waals surface area contributed by atoms with Crippen molar-refractivity contribution in [2.45, 2.75) is 57.6 Å². The minimum absolute atomic E-state index is 0.00350. The summed E-state index contributed by atoms with van der Waals surface area (Å²) in [7, 11) is -4.22. The summed E-state index contributed by atoms with van der Waals surface area (Å²) in [6.45, 7) is 6.86. The molecule has 0 aromatic heterocycles. The normalized spacial score (nSPS) is 12.1. The van der Waals surface area contributed by atoms with Gasteiger partial charge < -0.3 is 15.0 Å². The zero-order valence-electron chi connectivity index (χ0n) is 23.2. The fourth-order valence-electron chi connectivity index (χ4n) is 4.26. The summed E-state index contributed by atoms with van der Waals surface area (Å²) in [6.07, 6.45) is 0.284. The summed E-state index contributed by atoms with van der Waals surface area (Å²) in [5.74, 6) is -1.09. The van der Waals surface area contributed by atoms with Crippen molar-refractivity contribution < 1.29 is 27.1 Å². The number of rotatable bonds is 13. The first kappa shape index (κ1) is 30.6. The standard InChI is InChI=1S/C30H36FN3O5S/c1-5-26(30(36)32-22(3)4)33(20-23-16-18-24(31)19-17-23)29(35)21-34(27-14-10-11-15-28(27)39-6-2)40(37,38)25-12-8-7-9-13-25/h7-19,22,26H,5-6,20-21H2,1-4H3,(H,32,36). The van der Waals surface area contributed by atoms with Crippen LogP contribution in [0.3, 0.4) is 0 Å². The minimum atomic E-state index is -4.22. The fourth-order valence-corrected chi connectivity index (χ4v) is 5.71. The van der Waals surface area contributed by atoms with Gasteiger partial charge in [0.15, 0.2) is 0 Å². The maximum atomic E-state index is 14.1. The van der Waals surface area contributed by atoms with Crippen molar-refractivity contribution in [1.82, 2.24) is 10.2 Å². The average Bonchev–Trinajstić information content (AvgIpc) is 2.93. The van der Waals surface area contributed by atoms with Crippen LogP contribution in [-0.2, 0) is 26.2 Å². The number of sulfonamides is 1. The third-order valence-electron chi connectivity index (χ3n) is 6.13. The molecule has 0 spiro atoms. The van der Waals surface area contributed by atoms with E-state index in [0.717, 1.165) is 4.31 Å². The van der Waals surface area contributed by atoms with Gasteiger partial charge in [-0.3, -0.25) is 13.9 Å². The number of benzene rings is 3. The Morgan fingerprint density at radius 1 is 0.925 bits per heavy atom. The number of nitrogens with one attached hydrogen (secondary N) is 1. The molecule has 0 saturated carbocycles. The zero-order chi connectivity index (χ0) is 29.3. The van der Waals surface area contributed by atoms with Gasteiger partial charge in [0.2, 0.25) is 11.8 Å². The van der Waals surface area contributed by atoms with Crippen LogP contribution in [0.5, 0.6) is 5.75 Å². The molecule has 40 heavy (non-hydrogen) atoms. The van der Waals surface area contributed by atoms with Gasteiger partial charge in [0, 0.05) is 12.6 Å².